The first-order chi connectivity index (χ1) is 17.6. The first-order valence-electron chi connectivity index (χ1n) is 12.0. The highest BCUT2D eigenvalue weighted by molar-refractivity contribution is 7.98. The molecule has 1 aliphatic heterocycles. The number of hydrogen-bond acceptors (Lipinski definition) is 7. The van der Waals surface area contributed by atoms with E-state index in [1.807, 2.05) is 60.6 Å². The quantitative estimate of drug-likeness (QED) is 0.311. The van der Waals surface area contributed by atoms with Crippen molar-refractivity contribution in [3.05, 3.63) is 72.2 Å². The van der Waals surface area contributed by atoms with Gasteiger partial charge in [-0.3, -0.25) is 9.89 Å². The van der Waals surface area contributed by atoms with E-state index in [1.165, 1.54) is 0 Å². The van der Waals surface area contributed by atoms with Crippen molar-refractivity contribution in [2.24, 2.45) is 11.7 Å². The molecule has 6 rings (SSSR count). The molecule has 2 aliphatic rings. The summed E-state index contributed by atoms with van der Waals surface area (Å²) in [7, 11) is 0. The third-order valence-electron chi connectivity index (χ3n) is 6.75. The van der Waals surface area contributed by atoms with Crippen LogP contribution < -0.4 is 15.8 Å². The summed E-state index contributed by atoms with van der Waals surface area (Å²) in [6, 6.07) is 16.1. The second-order valence-electron chi connectivity index (χ2n) is 9.20. The Morgan fingerprint density at radius 3 is 2.72 bits per heavy atom. The van der Waals surface area contributed by atoms with Crippen LogP contribution in [0, 0.1) is 5.92 Å². The molecule has 9 heteroatoms. The molecule has 2 aromatic carbocycles. The molecule has 0 saturated heterocycles. The zero-order valence-electron chi connectivity index (χ0n) is 19.6. The lowest BCUT2D eigenvalue weighted by Crippen LogP contribution is -2.39. The summed E-state index contributed by atoms with van der Waals surface area (Å²) in [6.45, 7) is 0. The Morgan fingerprint density at radius 1 is 1.08 bits per heavy atom. The number of aromatic nitrogens is 4. The number of carbonyl (C=O) groups excluding carboxylic acids is 1. The molecular formula is C27H26N6O2S. The van der Waals surface area contributed by atoms with Crippen molar-refractivity contribution in [2.45, 2.75) is 36.9 Å². The zero-order valence-corrected chi connectivity index (χ0v) is 20.4. The minimum atomic E-state index is -0.275. The van der Waals surface area contributed by atoms with E-state index in [0.29, 0.717) is 12.2 Å². The summed E-state index contributed by atoms with van der Waals surface area (Å²) in [5, 5.41) is 10.4. The second-order valence-corrected chi connectivity index (χ2v) is 10.2. The number of hydrogen-bond donors (Lipinski definition) is 3. The van der Waals surface area contributed by atoms with Crippen LogP contribution in [0.25, 0.3) is 22.5 Å². The molecule has 8 nitrogen and oxygen atoms in total. The molecule has 4 aromatic rings. The Balaban J connectivity index is 1.24. The molecule has 2 aromatic heterocycles. The Labute approximate surface area is 213 Å². The average Bonchev–Trinajstić information content (AvgIpc) is 3.58. The van der Waals surface area contributed by atoms with Gasteiger partial charge in [0.25, 0.3) is 0 Å². The number of ether oxygens (including phenoxy) is 1. The van der Waals surface area contributed by atoms with Gasteiger partial charge in [-0.1, -0.05) is 24.3 Å². The molecule has 1 amide bonds. The minimum Gasteiger partial charge on any atom is -0.490 e. The normalized spacial score (nSPS) is 18.3. The van der Waals surface area contributed by atoms with Gasteiger partial charge in [-0.15, -0.1) is 0 Å². The van der Waals surface area contributed by atoms with Gasteiger partial charge in [0.1, 0.15) is 17.7 Å². The van der Waals surface area contributed by atoms with Crippen molar-refractivity contribution >= 4 is 29.2 Å². The highest BCUT2D eigenvalue weighted by Crippen LogP contribution is 2.37. The van der Waals surface area contributed by atoms with Crippen molar-refractivity contribution < 1.29 is 9.53 Å². The van der Waals surface area contributed by atoms with Crippen molar-refractivity contribution in [3.8, 4) is 28.3 Å². The number of primary amides is 1. The first-order valence-corrected chi connectivity index (χ1v) is 13.2. The number of H-pyrrole nitrogens is 1. The fraction of sp³-hybridized carbons (Fsp3) is 0.259. The molecule has 0 bridgehead atoms. The van der Waals surface area contributed by atoms with Gasteiger partial charge in [0.05, 0.1) is 11.9 Å². The van der Waals surface area contributed by atoms with E-state index < -0.39 is 0 Å². The largest absolute Gasteiger partial charge is 0.490 e. The maximum Gasteiger partial charge on any atom is 0.217 e. The summed E-state index contributed by atoms with van der Waals surface area (Å²) in [4.78, 5) is 21.1. The van der Waals surface area contributed by atoms with E-state index in [2.05, 4.69) is 27.6 Å². The smallest absolute Gasteiger partial charge is 0.217 e. The molecule has 1 saturated carbocycles. The Kier molecular flexibility index (Phi) is 6.06. The molecular weight excluding hydrogens is 472 g/mol. The van der Waals surface area contributed by atoms with Crippen LogP contribution >= 0.6 is 11.8 Å². The van der Waals surface area contributed by atoms with Gasteiger partial charge >= 0.3 is 0 Å². The SMILES string of the molecule is NC(=O)CC1CCC1Oc1cccc(-c2nc3c(c(Nc4ccc(-c5cn[nH]c5)cc4)n2)CSC3)c1. The summed E-state index contributed by atoms with van der Waals surface area (Å²) in [5.74, 6) is 3.93. The number of nitrogens with two attached hydrogens (primary N) is 1. The second kappa shape index (κ2) is 9.66. The summed E-state index contributed by atoms with van der Waals surface area (Å²) >= 11 is 1.84. The number of benzene rings is 2. The lowest BCUT2D eigenvalue weighted by molar-refractivity contribution is -0.121. The lowest BCUT2D eigenvalue weighted by Gasteiger charge is -2.36. The van der Waals surface area contributed by atoms with Crippen LogP contribution in [-0.2, 0) is 16.3 Å². The van der Waals surface area contributed by atoms with Crippen LogP contribution in [0.1, 0.15) is 30.5 Å². The topological polar surface area (TPSA) is 119 Å². The third-order valence-corrected chi connectivity index (χ3v) is 7.72. The molecule has 3 heterocycles. The maximum atomic E-state index is 11.3. The minimum absolute atomic E-state index is 0.0207. The fourth-order valence-electron chi connectivity index (χ4n) is 4.64. The van der Waals surface area contributed by atoms with Crippen LogP contribution in [0.2, 0.25) is 0 Å². The summed E-state index contributed by atoms with van der Waals surface area (Å²) < 4.78 is 6.20. The molecule has 4 N–H and O–H groups in total. The predicted molar refractivity (Wildman–Crippen MR) is 141 cm³/mol. The van der Waals surface area contributed by atoms with Crippen LogP contribution in [0.3, 0.4) is 0 Å². The van der Waals surface area contributed by atoms with Crippen molar-refractivity contribution in [3.63, 3.8) is 0 Å². The number of anilines is 2. The standard InChI is InChI=1S/C27H26N6O2S/c28-25(34)11-17-6-9-24(17)35-21-3-1-2-18(10-21)26-32-23-15-36-14-22(23)27(33-26)31-20-7-4-16(5-8-20)19-12-29-30-13-19/h1-5,7-8,10,12-13,17,24H,6,9,11,14-15H2,(H2,28,34)(H,29,30)(H,31,32,33). The van der Waals surface area contributed by atoms with Crippen molar-refractivity contribution in [2.75, 3.05) is 5.32 Å². The number of carbonyl (C=O) groups is 1. The predicted octanol–water partition coefficient (Wildman–Crippen LogP) is 5.06. The summed E-state index contributed by atoms with van der Waals surface area (Å²) in [5.41, 5.74) is 11.6. The monoisotopic (exact) mass is 498 g/mol. The number of thioether (sulfide) groups is 1. The Hall–Kier alpha value is -3.85. The van der Waals surface area contributed by atoms with E-state index in [1.54, 1.807) is 0 Å². The maximum absolute atomic E-state index is 11.3. The number of rotatable bonds is 8. The number of nitrogens with one attached hydrogen (secondary N) is 2. The van der Waals surface area contributed by atoms with E-state index in [0.717, 1.165) is 69.5 Å². The third kappa shape index (κ3) is 4.66. The fourth-order valence-corrected chi connectivity index (χ4v) is 5.69. The number of aromatic amines is 1. The van der Waals surface area contributed by atoms with Crippen molar-refractivity contribution in [1.82, 2.24) is 20.2 Å². The molecule has 36 heavy (non-hydrogen) atoms. The Bertz CT molecular complexity index is 1390. The van der Waals surface area contributed by atoms with Crippen molar-refractivity contribution in [1.29, 1.82) is 0 Å². The number of amides is 1. The average molecular weight is 499 g/mol. The molecule has 1 fully saturated rings. The van der Waals surface area contributed by atoms with E-state index in [9.17, 15) is 4.79 Å². The highest BCUT2D eigenvalue weighted by atomic mass is 32.2. The number of fused-ring (bicyclic) bond motifs is 1. The molecule has 2 atom stereocenters. The molecule has 0 radical (unpaired) electrons. The van der Waals surface area contributed by atoms with Gasteiger partial charge in [-0.05, 0) is 42.7 Å². The Morgan fingerprint density at radius 2 is 1.97 bits per heavy atom. The highest BCUT2D eigenvalue weighted by Gasteiger charge is 2.34. The summed E-state index contributed by atoms with van der Waals surface area (Å²) in [6.07, 6.45) is 5.98. The van der Waals surface area contributed by atoms with Gasteiger partial charge in [0.15, 0.2) is 5.82 Å². The van der Waals surface area contributed by atoms with Crippen LogP contribution in [0.4, 0.5) is 11.5 Å². The van der Waals surface area contributed by atoms with Crippen LogP contribution in [0.15, 0.2) is 60.9 Å². The van der Waals surface area contributed by atoms with E-state index >= 15 is 0 Å². The molecule has 0 spiro atoms. The lowest BCUT2D eigenvalue weighted by atomic mass is 9.79. The van der Waals surface area contributed by atoms with Gasteiger partial charge in [0, 0.05) is 52.4 Å². The first kappa shape index (κ1) is 22.6. The molecule has 1 aliphatic carbocycles. The molecule has 182 valence electrons. The van der Waals surface area contributed by atoms with Crippen LogP contribution in [-0.4, -0.2) is 32.2 Å². The zero-order chi connectivity index (χ0) is 24.5. The van der Waals surface area contributed by atoms with Gasteiger partial charge in [-0.2, -0.15) is 16.9 Å². The number of nitrogens with zero attached hydrogens (tertiary/aromatic N) is 3. The van der Waals surface area contributed by atoms with E-state index in [4.69, 9.17) is 20.4 Å². The van der Waals surface area contributed by atoms with E-state index in [-0.39, 0.29) is 17.9 Å². The van der Waals surface area contributed by atoms with Gasteiger partial charge in [-0.25, -0.2) is 9.97 Å². The van der Waals surface area contributed by atoms with Gasteiger partial charge < -0.3 is 15.8 Å². The van der Waals surface area contributed by atoms with Gasteiger partial charge in [0.2, 0.25) is 5.91 Å². The molecule has 2 unspecified atom stereocenters. The van der Waals surface area contributed by atoms with Crippen LogP contribution in [0.5, 0.6) is 5.75 Å².